The Bertz CT molecular complexity index is 364. The lowest BCUT2D eigenvalue weighted by Gasteiger charge is -2.15. The quantitative estimate of drug-likeness (QED) is 0.731. The lowest BCUT2D eigenvalue weighted by atomic mass is 10.2. The highest BCUT2D eigenvalue weighted by Crippen LogP contribution is 2.25. The summed E-state index contributed by atoms with van der Waals surface area (Å²) in [6.07, 6.45) is -0.543. The van der Waals surface area contributed by atoms with Crippen LogP contribution in [0.2, 0.25) is 0 Å². The van der Waals surface area contributed by atoms with Crippen molar-refractivity contribution >= 4 is 11.6 Å². The Balaban J connectivity index is 2.81. The molecule has 0 fully saturated rings. The molecule has 0 spiro atoms. The zero-order valence-electron chi connectivity index (χ0n) is 9.20. The molecule has 3 N–H and O–H groups in total. The van der Waals surface area contributed by atoms with Crippen molar-refractivity contribution < 1.29 is 9.53 Å². The van der Waals surface area contributed by atoms with Crippen molar-refractivity contribution in [3.05, 3.63) is 23.8 Å². The maximum Gasteiger partial charge on any atom is 0.260 e. The monoisotopic (exact) mass is 208 g/mol. The van der Waals surface area contributed by atoms with E-state index >= 15 is 0 Å². The summed E-state index contributed by atoms with van der Waals surface area (Å²) >= 11 is 0. The summed E-state index contributed by atoms with van der Waals surface area (Å²) in [7, 11) is 1.57. The van der Waals surface area contributed by atoms with Crippen molar-refractivity contribution in [3.8, 4) is 5.75 Å². The van der Waals surface area contributed by atoms with Gasteiger partial charge in [0, 0.05) is 7.05 Å². The van der Waals surface area contributed by atoms with Crippen LogP contribution >= 0.6 is 0 Å². The number of para-hydroxylation sites is 1. The SMILES string of the molecule is CNC(=O)C(C)Oc1cccc(C)c1N. The second-order valence-corrected chi connectivity index (χ2v) is 3.36. The van der Waals surface area contributed by atoms with Gasteiger partial charge in [0.05, 0.1) is 5.69 Å². The number of hydrogen-bond donors (Lipinski definition) is 2. The molecule has 0 aliphatic carbocycles. The van der Waals surface area contributed by atoms with Gasteiger partial charge in [0.1, 0.15) is 5.75 Å². The number of benzene rings is 1. The first kappa shape index (κ1) is 11.4. The van der Waals surface area contributed by atoms with Gasteiger partial charge in [0.2, 0.25) is 0 Å². The minimum atomic E-state index is -0.543. The molecule has 0 aliphatic heterocycles. The van der Waals surface area contributed by atoms with Crippen molar-refractivity contribution in [1.29, 1.82) is 0 Å². The van der Waals surface area contributed by atoms with E-state index in [2.05, 4.69) is 5.32 Å². The summed E-state index contributed by atoms with van der Waals surface area (Å²) in [5, 5.41) is 2.51. The molecule has 0 saturated carbocycles. The molecule has 0 aliphatic rings. The van der Waals surface area contributed by atoms with E-state index in [9.17, 15) is 4.79 Å². The number of anilines is 1. The number of amides is 1. The van der Waals surface area contributed by atoms with E-state index in [1.54, 1.807) is 20.0 Å². The summed E-state index contributed by atoms with van der Waals surface area (Å²) in [5.74, 6) is 0.377. The molecule has 15 heavy (non-hydrogen) atoms. The lowest BCUT2D eigenvalue weighted by molar-refractivity contribution is -0.126. The summed E-state index contributed by atoms with van der Waals surface area (Å²) in [6.45, 7) is 3.58. The lowest BCUT2D eigenvalue weighted by Crippen LogP contribution is -2.33. The predicted octanol–water partition coefficient (Wildman–Crippen LogP) is 1.09. The van der Waals surface area contributed by atoms with Crippen LogP contribution in [0.5, 0.6) is 5.75 Å². The van der Waals surface area contributed by atoms with Crippen molar-refractivity contribution in [3.63, 3.8) is 0 Å². The standard InChI is InChI=1S/C11H16N2O2/c1-7-5-4-6-9(10(7)12)15-8(2)11(14)13-3/h4-6,8H,12H2,1-3H3,(H,13,14). The number of aryl methyl sites for hydroxylation is 1. The Morgan fingerprint density at radius 1 is 1.53 bits per heavy atom. The Labute approximate surface area is 89.4 Å². The summed E-state index contributed by atoms with van der Waals surface area (Å²) in [6, 6.07) is 5.49. The number of nitrogens with two attached hydrogens (primary N) is 1. The Morgan fingerprint density at radius 2 is 2.20 bits per heavy atom. The van der Waals surface area contributed by atoms with Gasteiger partial charge >= 0.3 is 0 Å². The molecular weight excluding hydrogens is 192 g/mol. The second-order valence-electron chi connectivity index (χ2n) is 3.36. The fourth-order valence-electron chi connectivity index (χ4n) is 1.20. The maximum absolute atomic E-state index is 11.2. The van der Waals surface area contributed by atoms with E-state index in [-0.39, 0.29) is 5.91 Å². The van der Waals surface area contributed by atoms with Gasteiger partial charge in [-0.25, -0.2) is 0 Å². The van der Waals surface area contributed by atoms with Crippen LogP contribution in [0.3, 0.4) is 0 Å². The third-order valence-corrected chi connectivity index (χ3v) is 2.20. The molecule has 4 nitrogen and oxygen atoms in total. The first-order valence-corrected chi connectivity index (χ1v) is 4.79. The third kappa shape index (κ3) is 2.62. The van der Waals surface area contributed by atoms with Crippen molar-refractivity contribution in [2.45, 2.75) is 20.0 Å². The highest BCUT2D eigenvalue weighted by molar-refractivity contribution is 5.80. The van der Waals surface area contributed by atoms with E-state index in [0.717, 1.165) is 5.56 Å². The van der Waals surface area contributed by atoms with Gasteiger partial charge in [0.15, 0.2) is 6.10 Å². The fourth-order valence-corrected chi connectivity index (χ4v) is 1.20. The highest BCUT2D eigenvalue weighted by Gasteiger charge is 2.14. The van der Waals surface area contributed by atoms with Gasteiger partial charge < -0.3 is 15.8 Å². The minimum Gasteiger partial charge on any atom is -0.479 e. The summed E-state index contributed by atoms with van der Waals surface area (Å²) in [5.41, 5.74) is 7.33. The van der Waals surface area contributed by atoms with E-state index in [1.165, 1.54) is 0 Å². The van der Waals surface area contributed by atoms with Crippen LogP contribution in [-0.4, -0.2) is 19.1 Å². The van der Waals surface area contributed by atoms with Gasteiger partial charge in [-0.2, -0.15) is 0 Å². The average Bonchev–Trinajstić information content (AvgIpc) is 2.23. The van der Waals surface area contributed by atoms with Gasteiger partial charge in [-0.05, 0) is 25.5 Å². The van der Waals surface area contributed by atoms with Crippen molar-refractivity contribution in [2.75, 3.05) is 12.8 Å². The molecule has 1 amide bonds. The number of ether oxygens (including phenoxy) is 1. The summed E-state index contributed by atoms with van der Waals surface area (Å²) in [4.78, 5) is 11.2. The smallest absolute Gasteiger partial charge is 0.260 e. The van der Waals surface area contributed by atoms with Crippen molar-refractivity contribution in [1.82, 2.24) is 5.32 Å². The molecule has 0 aromatic heterocycles. The Hall–Kier alpha value is -1.71. The van der Waals surface area contributed by atoms with Gasteiger partial charge in [-0.1, -0.05) is 12.1 Å². The molecule has 1 aromatic rings. The van der Waals surface area contributed by atoms with Crippen LogP contribution < -0.4 is 15.8 Å². The van der Waals surface area contributed by atoms with Crippen LogP contribution in [0.25, 0.3) is 0 Å². The van der Waals surface area contributed by atoms with E-state index in [4.69, 9.17) is 10.5 Å². The maximum atomic E-state index is 11.2. The number of nitrogen functional groups attached to an aromatic ring is 1. The highest BCUT2D eigenvalue weighted by atomic mass is 16.5. The molecule has 82 valence electrons. The Morgan fingerprint density at radius 3 is 2.80 bits per heavy atom. The Kier molecular flexibility index (Phi) is 3.55. The number of rotatable bonds is 3. The van der Waals surface area contributed by atoms with Crippen LogP contribution in [0.4, 0.5) is 5.69 Å². The zero-order chi connectivity index (χ0) is 11.4. The number of nitrogens with one attached hydrogen (secondary N) is 1. The number of hydrogen-bond acceptors (Lipinski definition) is 3. The number of carbonyl (C=O) groups excluding carboxylic acids is 1. The average molecular weight is 208 g/mol. The topological polar surface area (TPSA) is 64.3 Å². The predicted molar refractivity (Wildman–Crippen MR) is 59.7 cm³/mol. The number of likely N-dealkylation sites (N-methyl/N-ethyl adjacent to an activating group) is 1. The van der Waals surface area contributed by atoms with E-state index in [0.29, 0.717) is 11.4 Å². The second kappa shape index (κ2) is 4.68. The van der Waals surface area contributed by atoms with Crippen LogP contribution in [-0.2, 0) is 4.79 Å². The first-order valence-electron chi connectivity index (χ1n) is 4.79. The molecule has 0 heterocycles. The molecule has 0 bridgehead atoms. The van der Waals surface area contributed by atoms with Crippen molar-refractivity contribution in [2.24, 2.45) is 0 Å². The molecule has 0 saturated heterocycles. The van der Waals surface area contributed by atoms with E-state index in [1.807, 2.05) is 19.1 Å². The fraction of sp³-hybridized carbons (Fsp3) is 0.364. The van der Waals surface area contributed by atoms with E-state index < -0.39 is 6.10 Å². The zero-order valence-corrected chi connectivity index (χ0v) is 9.20. The number of carbonyl (C=O) groups is 1. The molecule has 4 heteroatoms. The molecule has 1 rings (SSSR count). The summed E-state index contributed by atoms with van der Waals surface area (Å²) < 4.78 is 5.44. The molecule has 1 unspecified atom stereocenters. The van der Waals surface area contributed by atoms with Gasteiger partial charge in [-0.3, -0.25) is 4.79 Å². The molecule has 1 atom stereocenters. The van der Waals surface area contributed by atoms with Crippen LogP contribution in [0.1, 0.15) is 12.5 Å². The van der Waals surface area contributed by atoms with Gasteiger partial charge in [0.25, 0.3) is 5.91 Å². The molecular formula is C11H16N2O2. The van der Waals surface area contributed by atoms with Gasteiger partial charge in [-0.15, -0.1) is 0 Å². The van der Waals surface area contributed by atoms with Crippen LogP contribution in [0.15, 0.2) is 18.2 Å². The minimum absolute atomic E-state index is 0.170. The third-order valence-electron chi connectivity index (χ3n) is 2.20. The largest absolute Gasteiger partial charge is 0.479 e. The normalized spacial score (nSPS) is 11.9. The van der Waals surface area contributed by atoms with Crippen LogP contribution in [0, 0.1) is 6.92 Å². The molecule has 0 radical (unpaired) electrons. The first-order chi connectivity index (χ1) is 7.06. The molecule has 1 aromatic carbocycles.